The lowest BCUT2D eigenvalue weighted by Crippen LogP contribution is -2.16. The molecule has 0 amide bonds. The van der Waals surface area contributed by atoms with Crippen LogP contribution in [-0.2, 0) is 16.6 Å². The van der Waals surface area contributed by atoms with Crippen molar-refractivity contribution in [2.24, 2.45) is 7.05 Å². The molecular formula is C12H14N2O4. The van der Waals surface area contributed by atoms with E-state index >= 15 is 0 Å². The van der Waals surface area contributed by atoms with Gasteiger partial charge in [-0.05, 0) is 25.1 Å². The van der Waals surface area contributed by atoms with Gasteiger partial charge in [-0.2, -0.15) is 0 Å². The van der Waals surface area contributed by atoms with Gasteiger partial charge in [-0.25, -0.2) is 4.79 Å². The van der Waals surface area contributed by atoms with Crippen LogP contribution in [0.1, 0.15) is 6.92 Å². The van der Waals surface area contributed by atoms with Gasteiger partial charge in [0.15, 0.2) is 5.58 Å². The first-order valence-corrected chi connectivity index (χ1v) is 5.61. The molecule has 0 aliphatic heterocycles. The van der Waals surface area contributed by atoms with Crippen LogP contribution in [0, 0.1) is 0 Å². The van der Waals surface area contributed by atoms with Crippen molar-refractivity contribution in [3.8, 4) is 0 Å². The normalized spacial score (nSPS) is 10.6. The standard InChI is InChI=1S/C12H14N2O4/c1-3-17-11(15)7-13-8-4-5-10-9(6-8)14(2)12(16)18-10/h4-6,13H,3,7H2,1-2H3. The smallest absolute Gasteiger partial charge is 0.419 e. The number of oxazole rings is 1. The van der Waals surface area contributed by atoms with Crippen LogP contribution in [0.5, 0.6) is 0 Å². The first-order chi connectivity index (χ1) is 8.61. The molecule has 1 N–H and O–H groups in total. The third-order valence-corrected chi connectivity index (χ3v) is 2.53. The number of aryl methyl sites for hydroxylation is 1. The lowest BCUT2D eigenvalue weighted by atomic mass is 10.3. The van der Waals surface area contributed by atoms with Gasteiger partial charge in [0.25, 0.3) is 0 Å². The summed E-state index contributed by atoms with van der Waals surface area (Å²) < 4.78 is 11.2. The van der Waals surface area contributed by atoms with E-state index < -0.39 is 5.76 Å². The largest absolute Gasteiger partial charge is 0.465 e. The van der Waals surface area contributed by atoms with Crippen LogP contribution in [0.3, 0.4) is 0 Å². The SMILES string of the molecule is CCOC(=O)CNc1ccc2oc(=O)n(C)c2c1. The molecule has 0 atom stereocenters. The first kappa shape index (κ1) is 12.2. The minimum Gasteiger partial charge on any atom is -0.465 e. The maximum absolute atomic E-state index is 11.3. The zero-order valence-electron chi connectivity index (χ0n) is 10.2. The maximum Gasteiger partial charge on any atom is 0.419 e. The molecule has 0 unspecified atom stereocenters. The topological polar surface area (TPSA) is 73.5 Å². The van der Waals surface area contributed by atoms with Gasteiger partial charge in [0.2, 0.25) is 0 Å². The summed E-state index contributed by atoms with van der Waals surface area (Å²) in [4.78, 5) is 22.5. The van der Waals surface area contributed by atoms with Crippen LogP contribution in [0.25, 0.3) is 11.1 Å². The average Bonchev–Trinajstić information content (AvgIpc) is 2.63. The number of carbonyl (C=O) groups is 1. The number of hydrogen-bond acceptors (Lipinski definition) is 5. The Morgan fingerprint density at radius 2 is 2.28 bits per heavy atom. The minimum absolute atomic E-state index is 0.0884. The number of aromatic nitrogens is 1. The molecular weight excluding hydrogens is 236 g/mol. The molecule has 96 valence electrons. The second-order valence-electron chi connectivity index (χ2n) is 3.77. The van der Waals surface area contributed by atoms with Gasteiger partial charge in [-0.3, -0.25) is 9.36 Å². The Morgan fingerprint density at radius 1 is 1.50 bits per heavy atom. The number of ether oxygens (including phenoxy) is 1. The molecule has 6 nitrogen and oxygen atoms in total. The van der Waals surface area contributed by atoms with Crippen LogP contribution in [0.2, 0.25) is 0 Å². The van der Waals surface area contributed by atoms with Crippen LogP contribution < -0.4 is 11.1 Å². The lowest BCUT2D eigenvalue weighted by molar-refractivity contribution is -0.140. The molecule has 1 aromatic carbocycles. The Balaban J connectivity index is 2.17. The average molecular weight is 250 g/mol. The highest BCUT2D eigenvalue weighted by atomic mass is 16.5. The van der Waals surface area contributed by atoms with Gasteiger partial charge in [-0.1, -0.05) is 0 Å². The van der Waals surface area contributed by atoms with Crippen molar-refractivity contribution in [3.05, 3.63) is 28.7 Å². The van der Waals surface area contributed by atoms with E-state index in [4.69, 9.17) is 9.15 Å². The minimum atomic E-state index is -0.410. The fourth-order valence-electron chi connectivity index (χ4n) is 1.62. The third-order valence-electron chi connectivity index (χ3n) is 2.53. The Morgan fingerprint density at radius 3 is 3.00 bits per heavy atom. The number of anilines is 1. The molecule has 0 bridgehead atoms. The number of hydrogen-bond donors (Lipinski definition) is 1. The summed E-state index contributed by atoms with van der Waals surface area (Å²) in [5, 5.41) is 2.93. The van der Waals surface area contributed by atoms with Gasteiger partial charge < -0.3 is 14.5 Å². The van der Waals surface area contributed by atoms with Gasteiger partial charge >= 0.3 is 11.7 Å². The molecule has 0 spiro atoms. The molecule has 0 saturated heterocycles. The van der Waals surface area contributed by atoms with Crippen molar-refractivity contribution in [1.29, 1.82) is 0 Å². The molecule has 1 aromatic heterocycles. The first-order valence-electron chi connectivity index (χ1n) is 5.61. The number of benzene rings is 1. The van der Waals surface area contributed by atoms with Gasteiger partial charge in [0.1, 0.15) is 6.54 Å². The maximum atomic E-state index is 11.3. The highest BCUT2D eigenvalue weighted by Gasteiger charge is 2.07. The zero-order chi connectivity index (χ0) is 13.1. The van der Waals surface area contributed by atoms with E-state index in [1.807, 2.05) is 0 Å². The second-order valence-corrected chi connectivity index (χ2v) is 3.77. The lowest BCUT2D eigenvalue weighted by Gasteiger charge is -2.05. The Labute approximate surface area is 103 Å². The van der Waals surface area contributed by atoms with Crippen molar-refractivity contribution < 1.29 is 13.9 Å². The monoisotopic (exact) mass is 250 g/mol. The van der Waals surface area contributed by atoms with Crippen molar-refractivity contribution in [2.45, 2.75) is 6.92 Å². The Kier molecular flexibility index (Phi) is 3.36. The highest BCUT2D eigenvalue weighted by molar-refractivity contribution is 5.80. The summed E-state index contributed by atoms with van der Waals surface area (Å²) in [6.45, 7) is 2.20. The molecule has 6 heteroatoms. The zero-order valence-corrected chi connectivity index (χ0v) is 10.2. The molecule has 2 rings (SSSR count). The van der Waals surface area contributed by atoms with E-state index in [1.54, 1.807) is 32.2 Å². The summed E-state index contributed by atoms with van der Waals surface area (Å²) in [5.74, 6) is -0.730. The van der Waals surface area contributed by atoms with Crippen molar-refractivity contribution >= 4 is 22.8 Å². The van der Waals surface area contributed by atoms with Crippen molar-refractivity contribution in [2.75, 3.05) is 18.5 Å². The Bertz CT molecular complexity index is 627. The molecule has 0 radical (unpaired) electrons. The molecule has 0 aliphatic carbocycles. The highest BCUT2D eigenvalue weighted by Crippen LogP contribution is 2.17. The summed E-state index contributed by atoms with van der Waals surface area (Å²) in [6, 6.07) is 5.17. The molecule has 0 fully saturated rings. The van der Waals surface area contributed by atoms with E-state index in [1.165, 1.54) is 4.57 Å². The summed E-state index contributed by atoms with van der Waals surface area (Å²) >= 11 is 0. The molecule has 0 aliphatic rings. The predicted octanol–water partition coefficient (Wildman–Crippen LogP) is 1.11. The number of nitrogens with one attached hydrogen (secondary N) is 1. The number of esters is 1. The quantitative estimate of drug-likeness (QED) is 0.823. The summed E-state index contributed by atoms with van der Waals surface area (Å²) in [6.07, 6.45) is 0. The van der Waals surface area contributed by atoms with Crippen molar-refractivity contribution in [3.63, 3.8) is 0 Å². The van der Waals surface area contributed by atoms with Gasteiger partial charge in [0.05, 0.1) is 12.1 Å². The van der Waals surface area contributed by atoms with Crippen LogP contribution in [-0.4, -0.2) is 23.7 Å². The predicted molar refractivity (Wildman–Crippen MR) is 66.6 cm³/mol. The van der Waals surface area contributed by atoms with E-state index in [0.717, 1.165) is 5.69 Å². The molecule has 18 heavy (non-hydrogen) atoms. The second kappa shape index (κ2) is 4.95. The Hall–Kier alpha value is -2.24. The number of rotatable bonds is 4. The van der Waals surface area contributed by atoms with E-state index in [-0.39, 0.29) is 12.5 Å². The summed E-state index contributed by atoms with van der Waals surface area (Å²) in [7, 11) is 1.63. The van der Waals surface area contributed by atoms with Crippen LogP contribution >= 0.6 is 0 Å². The van der Waals surface area contributed by atoms with E-state index in [9.17, 15) is 9.59 Å². The van der Waals surface area contributed by atoms with E-state index in [0.29, 0.717) is 17.7 Å². The fourth-order valence-corrected chi connectivity index (χ4v) is 1.62. The van der Waals surface area contributed by atoms with Gasteiger partial charge in [0, 0.05) is 12.7 Å². The number of carbonyl (C=O) groups excluding carboxylic acids is 1. The van der Waals surface area contributed by atoms with Crippen molar-refractivity contribution in [1.82, 2.24) is 4.57 Å². The van der Waals surface area contributed by atoms with Gasteiger partial charge in [-0.15, -0.1) is 0 Å². The summed E-state index contributed by atoms with van der Waals surface area (Å²) in [5.41, 5.74) is 1.92. The molecule has 2 aromatic rings. The fraction of sp³-hybridized carbons (Fsp3) is 0.333. The van der Waals surface area contributed by atoms with Crippen LogP contribution in [0.4, 0.5) is 5.69 Å². The van der Waals surface area contributed by atoms with E-state index in [2.05, 4.69) is 5.32 Å². The molecule has 0 saturated carbocycles. The van der Waals surface area contributed by atoms with Crippen LogP contribution in [0.15, 0.2) is 27.4 Å². The molecule has 1 heterocycles. The number of nitrogens with zero attached hydrogens (tertiary/aromatic N) is 1. The number of fused-ring (bicyclic) bond motifs is 1. The third kappa shape index (κ3) is 2.37.